The normalized spacial score (nSPS) is 28.7. The van der Waals surface area contributed by atoms with Gasteiger partial charge in [0.25, 0.3) is 0 Å². The average Bonchev–Trinajstić information content (AvgIpc) is 2.27. The number of carbonyl (C=O) groups excluding carboxylic acids is 1. The van der Waals surface area contributed by atoms with Gasteiger partial charge in [0.15, 0.2) is 0 Å². The van der Waals surface area contributed by atoms with E-state index < -0.39 is 11.1 Å². The number of nitrogens with zero attached hydrogens (tertiary/aromatic N) is 1. The highest BCUT2D eigenvalue weighted by Crippen LogP contribution is 2.39. The molecule has 1 fully saturated rings. The minimum Gasteiger partial charge on any atom is -0.348 e. The van der Waals surface area contributed by atoms with Crippen LogP contribution in [0.15, 0.2) is 12.7 Å². The minimum absolute atomic E-state index is 0.129. The number of hydrogen-bond acceptors (Lipinski definition) is 2. The van der Waals surface area contributed by atoms with Crippen molar-refractivity contribution in [2.45, 2.75) is 51.2 Å². The van der Waals surface area contributed by atoms with Crippen LogP contribution < -0.4 is 5.32 Å². The molecule has 1 radical (unpaired) electrons. The topological polar surface area (TPSA) is 52.2 Å². The van der Waals surface area contributed by atoms with Crippen LogP contribution in [0.3, 0.4) is 0 Å². The van der Waals surface area contributed by atoms with E-state index in [1.807, 2.05) is 27.7 Å². The molecule has 4 nitrogen and oxygen atoms in total. The van der Waals surface area contributed by atoms with Gasteiger partial charge in [0.05, 0.1) is 11.6 Å². The smallest absolute Gasteiger partial charge is 0.243 e. The number of rotatable bonds is 2. The molecule has 1 aliphatic heterocycles. The summed E-state index contributed by atoms with van der Waals surface area (Å²) in [5, 5.41) is 15.9. The quantitative estimate of drug-likeness (QED) is 0.699. The van der Waals surface area contributed by atoms with Crippen LogP contribution in [-0.4, -0.2) is 28.1 Å². The predicted molar refractivity (Wildman–Crippen MR) is 57.4 cm³/mol. The third-order valence-electron chi connectivity index (χ3n) is 3.13. The van der Waals surface area contributed by atoms with Crippen LogP contribution >= 0.6 is 0 Å². The van der Waals surface area contributed by atoms with E-state index in [4.69, 9.17) is 0 Å². The van der Waals surface area contributed by atoms with Gasteiger partial charge < -0.3 is 5.32 Å². The maximum atomic E-state index is 12.0. The first kappa shape index (κ1) is 12.2. The standard InChI is InChI=1S/C11H19N2O2/c1-6-9(14)12-8-7-10(2,3)13(15)11(8,4)5/h6,8H,1,7H2,2-5H3,(H,12,14). The van der Waals surface area contributed by atoms with E-state index in [1.54, 1.807) is 0 Å². The predicted octanol–water partition coefficient (Wildman–Crippen LogP) is 1.27. The molecule has 1 N–H and O–H groups in total. The van der Waals surface area contributed by atoms with Gasteiger partial charge in [-0.2, -0.15) is 0 Å². The van der Waals surface area contributed by atoms with E-state index in [2.05, 4.69) is 11.9 Å². The van der Waals surface area contributed by atoms with Crippen LogP contribution in [0.1, 0.15) is 34.1 Å². The molecular weight excluding hydrogens is 192 g/mol. The maximum Gasteiger partial charge on any atom is 0.243 e. The second-order valence-electron chi connectivity index (χ2n) is 5.23. The Morgan fingerprint density at radius 1 is 1.47 bits per heavy atom. The molecule has 15 heavy (non-hydrogen) atoms. The zero-order chi connectivity index (χ0) is 11.9. The van der Waals surface area contributed by atoms with E-state index in [1.165, 1.54) is 6.08 Å². The Morgan fingerprint density at radius 3 is 2.33 bits per heavy atom. The summed E-state index contributed by atoms with van der Waals surface area (Å²) in [5.74, 6) is -0.223. The Kier molecular flexibility index (Phi) is 2.94. The summed E-state index contributed by atoms with van der Waals surface area (Å²) >= 11 is 0. The SMILES string of the molecule is C=CC(=O)NC1CC(C)(C)N([O])C1(C)C. The van der Waals surface area contributed by atoms with E-state index >= 15 is 0 Å². The van der Waals surface area contributed by atoms with Crippen molar-refractivity contribution in [3.63, 3.8) is 0 Å². The third kappa shape index (κ3) is 2.06. The molecular formula is C11H19N2O2. The molecule has 1 rings (SSSR count). The van der Waals surface area contributed by atoms with Gasteiger partial charge in [-0.1, -0.05) is 6.58 Å². The summed E-state index contributed by atoms with van der Waals surface area (Å²) in [6.07, 6.45) is 1.89. The number of hydroxylamine groups is 2. The lowest BCUT2D eigenvalue weighted by Crippen LogP contribution is -2.52. The van der Waals surface area contributed by atoms with Gasteiger partial charge >= 0.3 is 0 Å². The first-order valence-electron chi connectivity index (χ1n) is 5.12. The second kappa shape index (κ2) is 3.61. The van der Waals surface area contributed by atoms with Crippen molar-refractivity contribution in [3.8, 4) is 0 Å². The summed E-state index contributed by atoms with van der Waals surface area (Å²) in [4.78, 5) is 11.2. The molecule has 0 aromatic carbocycles. The molecule has 1 aliphatic rings. The number of nitrogens with one attached hydrogen (secondary N) is 1. The number of hydrogen-bond donors (Lipinski definition) is 1. The fourth-order valence-electron chi connectivity index (χ4n) is 2.21. The van der Waals surface area contributed by atoms with E-state index in [9.17, 15) is 10.0 Å². The van der Waals surface area contributed by atoms with Crippen LogP contribution in [0.2, 0.25) is 0 Å². The fraction of sp³-hybridized carbons (Fsp3) is 0.727. The molecule has 1 unspecified atom stereocenters. The van der Waals surface area contributed by atoms with E-state index in [0.717, 1.165) is 5.06 Å². The Morgan fingerprint density at radius 2 is 2.00 bits per heavy atom. The molecule has 0 aromatic heterocycles. The third-order valence-corrected chi connectivity index (χ3v) is 3.13. The molecule has 4 heteroatoms. The van der Waals surface area contributed by atoms with E-state index in [-0.39, 0.29) is 11.9 Å². The first-order chi connectivity index (χ1) is 6.71. The van der Waals surface area contributed by atoms with E-state index in [0.29, 0.717) is 6.42 Å². The van der Waals surface area contributed by atoms with Crippen LogP contribution in [0.25, 0.3) is 0 Å². The largest absolute Gasteiger partial charge is 0.348 e. The van der Waals surface area contributed by atoms with Gasteiger partial charge in [-0.3, -0.25) is 4.79 Å². The Hall–Kier alpha value is -0.870. The molecule has 0 spiro atoms. The Balaban J connectivity index is 2.84. The summed E-state index contributed by atoms with van der Waals surface area (Å²) in [7, 11) is 0. The molecule has 0 aliphatic carbocycles. The zero-order valence-corrected chi connectivity index (χ0v) is 9.83. The van der Waals surface area contributed by atoms with Crippen LogP contribution in [0, 0.1) is 0 Å². The van der Waals surface area contributed by atoms with Crippen LogP contribution in [0.4, 0.5) is 0 Å². The molecule has 1 atom stereocenters. The summed E-state index contributed by atoms with van der Waals surface area (Å²) in [5.41, 5.74) is -0.995. The van der Waals surface area contributed by atoms with Crippen molar-refractivity contribution in [2.75, 3.05) is 0 Å². The molecule has 1 heterocycles. The number of carbonyl (C=O) groups is 1. The maximum absolute atomic E-state index is 12.0. The molecule has 85 valence electrons. The lowest BCUT2D eigenvalue weighted by molar-refractivity contribution is -0.246. The lowest BCUT2D eigenvalue weighted by Gasteiger charge is -2.33. The van der Waals surface area contributed by atoms with Crippen molar-refractivity contribution < 1.29 is 10.0 Å². The second-order valence-corrected chi connectivity index (χ2v) is 5.23. The molecule has 1 saturated heterocycles. The Labute approximate surface area is 90.9 Å². The monoisotopic (exact) mass is 211 g/mol. The first-order valence-corrected chi connectivity index (χ1v) is 5.12. The van der Waals surface area contributed by atoms with Gasteiger partial charge in [0.1, 0.15) is 0 Å². The van der Waals surface area contributed by atoms with Crippen molar-refractivity contribution in [1.29, 1.82) is 0 Å². The lowest BCUT2D eigenvalue weighted by atomic mass is 9.94. The highest BCUT2D eigenvalue weighted by atomic mass is 16.5. The van der Waals surface area contributed by atoms with Gasteiger partial charge in [-0.15, -0.1) is 10.3 Å². The van der Waals surface area contributed by atoms with Gasteiger partial charge in [-0.25, -0.2) is 0 Å². The van der Waals surface area contributed by atoms with Crippen LogP contribution in [0.5, 0.6) is 0 Å². The average molecular weight is 211 g/mol. The number of amides is 1. The molecule has 0 bridgehead atoms. The van der Waals surface area contributed by atoms with Gasteiger partial charge in [0.2, 0.25) is 5.91 Å². The van der Waals surface area contributed by atoms with Crippen LogP contribution in [-0.2, 0) is 10.0 Å². The van der Waals surface area contributed by atoms with Gasteiger partial charge in [0, 0.05) is 5.54 Å². The zero-order valence-electron chi connectivity index (χ0n) is 9.83. The van der Waals surface area contributed by atoms with Crippen molar-refractivity contribution in [1.82, 2.24) is 10.4 Å². The van der Waals surface area contributed by atoms with Crippen molar-refractivity contribution >= 4 is 5.91 Å². The Bertz CT molecular complexity index is 284. The molecule has 0 aromatic rings. The highest BCUT2D eigenvalue weighted by molar-refractivity contribution is 5.87. The summed E-state index contributed by atoms with van der Waals surface area (Å²) < 4.78 is 0. The summed E-state index contributed by atoms with van der Waals surface area (Å²) in [6.45, 7) is 10.9. The summed E-state index contributed by atoms with van der Waals surface area (Å²) in [6, 6.07) is -0.129. The van der Waals surface area contributed by atoms with Crippen molar-refractivity contribution in [2.24, 2.45) is 0 Å². The molecule has 0 saturated carbocycles. The molecule has 1 amide bonds. The van der Waals surface area contributed by atoms with Gasteiger partial charge in [-0.05, 0) is 40.2 Å². The van der Waals surface area contributed by atoms with Crippen molar-refractivity contribution in [3.05, 3.63) is 12.7 Å². The highest BCUT2D eigenvalue weighted by Gasteiger charge is 2.52. The minimum atomic E-state index is -0.567. The fourth-order valence-corrected chi connectivity index (χ4v) is 2.21.